The van der Waals surface area contributed by atoms with Crippen LogP contribution < -0.4 is 37.7 Å². The molecular weight excluding hydrogens is 656 g/mol. The Morgan fingerprint density at radius 1 is 0.358 bits per heavy atom. The predicted molar refractivity (Wildman–Crippen MR) is 226 cm³/mol. The van der Waals surface area contributed by atoms with Crippen LogP contribution >= 0.6 is 11.8 Å². The second kappa shape index (κ2) is 12.0. The van der Waals surface area contributed by atoms with Crippen molar-refractivity contribution in [1.82, 2.24) is 0 Å². The summed E-state index contributed by atoms with van der Waals surface area (Å²) in [5.74, 6) is 0. The van der Waals surface area contributed by atoms with E-state index in [1.54, 1.807) is 0 Å². The molecule has 0 atom stereocenters. The summed E-state index contributed by atoms with van der Waals surface area (Å²) in [5, 5.41) is 0. The maximum absolute atomic E-state index is 2.43. The largest absolute Gasteiger partial charge is 0.311 e. The molecule has 0 aromatic heterocycles. The second-order valence-corrected chi connectivity index (χ2v) is 15.4. The Kier molecular flexibility index (Phi) is 6.97. The Bertz CT molecular complexity index is 2600. The smallest absolute Gasteiger partial charge is 0.245 e. The monoisotopic (exact) mass is 689 g/mol. The van der Waals surface area contributed by atoms with Gasteiger partial charge in [0.15, 0.2) is 0 Å². The Morgan fingerprint density at radius 2 is 0.811 bits per heavy atom. The van der Waals surface area contributed by atoms with Gasteiger partial charge in [0.05, 0.1) is 5.41 Å². The van der Waals surface area contributed by atoms with Crippen LogP contribution in [0.1, 0.15) is 22.3 Å². The van der Waals surface area contributed by atoms with E-state index in [9.17, 15) is 0 Å². The molecule has 3 aliphatic rings. The van der Waals surface area contributed by atoms with Crippen LogP contribution in [-0.4, -0.2) is 13.4 Å². The van der Waals surface area contributed by atoms with Gasteiger partial charge in [0.2, 0.25) is 13.4 Å². The van der Waals surface area contributed by atoms with Crippen molar-refractivity contribution in [2.75, 3.05) is 4.90 Å². The molecule has 53 heavy (non-hydrogen) atoms. The molecular formula is C49H33B2NS. The van der Waals surface area contributed by atoms with Gasteiger partial charge in [-0.1, -0.05) is 196 Å². The van der Waals surface area contributed by atoms with Crippen molar-refractivity contribution in [2.45, 2.75) is 15.2 Å². The van der Waals surface area contributed by atoms with Crippen molar-refractivity contribution in [3.05, 3.63) is 222 Å². The van der Waals surface area contributed by atoms with Gasteiger partial charge < -0.3 is 4.90 Å². The third kappa shape index (κ3) is 4.43. The second-order valence-electron chi connectivity index (χ2n) is 14.3. The van der Waals surface area contributed by atoms with Gasteiger partial charge in [-0.3, -0.25) is 0 Å². The van der Waals surface area contributed by atoms with Gasteiger partial charge in [-0.2, -0.15) is 0 Å². The van der Waals surface area contributed by atoms with E-state index >= 15 is 0 Å². The lowest BCUT2D eigenvalue weighted by molar-refractivity contribution is 0.754. The fourth-order valence-electron chi connectivity index (χ4n) is 9.78. The third-order valence-corrected chi connectivity index (χ3v) is 12.9. The third-order valence-electron chi connectivity index (χ3n) is 11.7. The first-order valence-corrected chi connectivity index (χ1v) is 19.3. The van der Waals surface area contributed by atoms with Gasteiger partial charge in [-0.15, -0.1) is 0 Å². The SMILES string of the molecule is c1ccc(N(c2ccccc2)c2cccc(B3c4ccccc4C4(c5ccccc53)c3ccccc3B3c5ccccc5Sc5cccc4c53)c2)cc1. The Morgan fingerprint density at radius 3 is 1.43 bits per heavy atom. The van der Waals surface area contributed by atoms with Gasteiger partial charge >= 0.3 is 0 Å². The van der Waals surface area contributed by atoms with E-state index in [0.29, 0.717) is 0 Å². The molecule has 0 N–H and O–H groups in total. The molecule has 11 rings (SSSR count). The lowest BCUT2D eigenvalue weighted by atomic mass is 9.26. The summed E-state index contributed by atoms with van der Waals surface area (Å²) in [6.45, 7) is 0.247. The molecule has 0 amide bonds. The van der Waals surface area contributed by atoms with Crippen LogP contribution in [0.25, 0.3) is 0 Å². The van der Waals surface area contributed by atoms with Crippen LogP contribution in [0.5, 0.6) is 0 Å². The number of hydrogen-bond acceptors (Lipinski definition) is 2. The van der Waals surface area contributed by atoms with Gasteiger partial charge in [-0.05, 0) is 70.8 Å². The lowest BCUT2D eigenvalue weighted by Crippen LogP contribution is -2.68. The summed E-state index contributed by atoms with van der Waals surface area (Å²) < 4.78 is 0. The van der Waals surface area contributed by atoms with E-state index in [2.05, 4.69) is 205 Å². The van der Waals surface area contributed by atoms with E-state index in [4.69, 9.17) is 0 Å². The molecule has 0 aliphatic carbocycles. The number of hydrogen-bond donors (Lipinski definition) is 0. The minimum Gasteiger partial charge on any atom is -0.311 e. The summed E-state index contributed by atoms with van der Waals surface area (Å²) in [4.78, 5) is 5.10. The molecule has 1 spiro atoms. The van der Waals surface area contributed by atoms with E-state index in [-0.39, 0.29) is 13.4 Å². The Hall–Kier alpha value is -5.96. The highest BCUT2D eigenvalue weighted by Gasteiger charge is 2.54. The fourth-order valence-corrected chi connectivity index (χ4v) is 11.0. The highest BCUT2D eigenvalue weighted by Crippen LogP contribution is 2.48. The zero-order valence-electron chi connectivity index (χ0n) is 29.1. The number of rotatable bonds is 4. The summed E-state index contributed by atoms with van der Waals surface area (Å²) in [6, 6.07) is 74.7. The quantitative estimate of drug-likeness (QED) is 0.175. The minimum absolute atomic E-state index is 0.0564. The maximum atomic E-state index is 2.43. The fraction of sp³-hybridized carbons (Fsp3) is 0.0204. The number of benzene rings is 8. The van der Waals surface area contributed by atoms with Crippen LogP contribution in [0.4, 0.5) is 17.1 Å². The number of para-hydroxylation sites is 2. The average molecular weight is 690 g/mol. The first-order valence-electron chi connectivity index (χ1n) is 18.5. The van der Waals surface area contributed by atoms with E-state index in [1.807, 2.05) is 11.8 Å². The van der Waals surface area contributed by atoms with Crippen molar-refractivity contribution in [2.24, 2.45) is 0 Å². The maximum Gasteiger partial charge on any atom is 0.245 e. The zero-order valence-corrected chi connectivity index (χ0v) is 29.9. The van der Waals surface area contributed by atoms with Crippen molar-refractivity contribution >= 4 is 75.0 Å². The topological polar surface area (TPSA) is 3.24 Å². The minimum atomic E-state index is -0.466. The van der Waals surface area contributed by atoms with Crippen LogP contribution in [0.2, 0.25) is 0 Å². The number of anilines is 3. The average Bonchev–Trinajstić information content (AvgIpc) is 3.23. The molecule has 0 radical (unpaired) electrons. The summed E-state index contributed by atoms with van der Waals surface area (Å²) in [5.41, 5.74) is 16.8. The first kappa shape index (κ1) is 30.6. The van der Waals surface area contributed by atoms with Crippen LogP contribution in [-0.2, 0) is 5.41 Å². The first-order chi connectivity index (χ1) is 26.3. The molecule has 0 unspecified atom stereocenters. The molecule has 4 heteroatoms. The van der Waals surface area contributed by atoms with E-state index in [0.717, 1.165) is 17.1 Å². The van der Waals surface area contributed by atoms with Gasteiger partial charge in [0, 0.05) is 26.9 Å². The van der Waals surface area contributed by atoms with E-state index < -0.39 is 5.41 Å². The van der Waals surface area contributed by atoms with Crippen LogP contribution in [0.15, 0.2) is 210 Å². The van der Waals surface area contributed by atoms with Crippen molar-refractivity contribution < 1.29 is 0 Å². The summed E-state index contributed by atoms with van der Waals surface area (Å²) in [7, 11) is 0. The molecule has 0 bridgehead atoms. The van der Waals surface area contributed by atoms with Gasteiger partial charge in [-0.25, -0.2) is 0 Å². The Labute approximate surface area is 316 Å². The molecule has 3 heterocycles. The van der Waals surface area contributed by atoms with Gasteiger partial charge in [0.1, 0.15) is 0 Å². The normalized spacial score (nSPS) is 14.0. The zero-order chi connectivity index (χ0) is 34.9. The van der Waals surface area contributed by atoms with Crippen LogP contribution in [0, 0.1) is 0 Å². The lowest BCUT2D eigenvalue weighted by Gasteiger charge is -2.50. The molecule has 0 fully saturated rings. The summed E-state index contributed by atoms with van der Waals surface area (Å²) >= 11 is 1.93. The van der Waals surface area contributed by atoms with Crippen molar-refractivity contribution in [3.8, 4) is 0 Å². The van der Waals surface area contributed by atoms with Crippen molar-refractivity contribution in [1.29, 1.82) is 0 Å². The van der Waals surface area contributed by atoms with Crippen LogP contribution in [0.3, 0.4) is 0 Å². The molecule has 0 saturated carbocycles. The molecule has 1 nitrogen and oxygen atoms in total. The predicted octanol–water partition coefficient (Wildman–Crippen LogP) is 7.66. The highest BCUT2D eigenvalue weighted by atomic mass is 32.2. The van der Waals surface area contributed by atoms with E-state index in [1.165, 1.54) is 64.8 Å². The van der Waals surface area contributed by atoms with Crippen molar-refractivity contribution in [3.63, 3.8) is 0 Å². The molecule has 0 saturated heterocycles. The molecule has 8 aromatic carbocycles. The Balaban J connectivity index is 1.17. The van der Waals surface area contributed by atoms with Gasteiger partial charge in [0.25, 0.3) is 0 Å². The molecule has 3 aliphatic heterocycles. The molecule has 8 aromatic rings. The summed E-state index contributed by atoms with van der Waals surface area (Å²) in [6.07, 6.45) is 0. The molecule has 246 valence electrons. The number of fused-ring (bicyclic) bond motifs is 10. The highest BCUT2D eigenvalue weighted by molar-refractivity contribution is 8.00. The standard InChI is InChI=1S/C49H33B2NS/c1-3-18-35(19-4-1)52(36-20-5-2-6-21-36)37-22-15-17-34(33-37)50-42-27-10-7-23-38(42)49(39-24-8-11-28-43(39)50)40-25-9-12-29-44(40)51-45-30-13-14-31-46(45)53-47-32-16-26-41(49)48(47)51/h1-33H. The number of nitrogens with zero attached hydrogens (tertiary/aromatic N) is 1.